The molecule has 0 unspecified atom stereocenters. The van der Waals surface area contributed by atoms with E-state index in [1.54, 1.807) is 30.5 Å². The standard InChI is InChI=1S/C19H18N2O4/c1-13(14-6-3-2-4-7-14)21-19(23)18(22)20-12-15-9-10-17(25-15)16-8-5-11-24-16/h2-11,13H,12H2,1H3,(H,20,22)(H,21,23)/t13-/m0/s1. The van der Waals surface area contributed by atoms with Gasteiger partial charge in [0, 0.05) is 0 Å². The van der Waals surface area contributed by atoms with Crippen LogP contribution in [-0.2, 0) is 16.1 Å². The number of hydrogen-bond acceptors (Lipinski definition) is 4. The highest BCUT2D eigenvalue weighted by molar-refractivity contribution is 6.35. The van der Waals surface area contributed by atoms with Gasteiger partial charge in [0.25, 0.3) is 0 Å². The zero-order valence-corrected chi connectivity index (χ0v) is 13.7. The molecule has 6 nitrogen and oxygen atoms in total. The van der Waals surface area contributed by atoms with Crippen LogP contribution in [0.4, 0.5) is 0 Å². The lowest BCUT2D eigenvalue weighted by Crippen LogP contribution is -2.40. The number of furan rings is 2. The lowest BCUT2D eigenvalue weighted by Gasteiger charge is -2.13. The summed E-state index contributed by atoms with van der Waals surface area (Å²) >= 11 is 0. The average Bonchev–Trinajstić information content (AvgIpc) is 3.31. The Kier molecular flexibility index (Phi) is 4.99. The van der Waals surface area contributed by atoms with Crippen LogP contribution in [0.2, 0.25) is 0 Å². The van der Waals surface area contributed by atoms with Gasteiger partial charge in [-0.25, -0.2) is 0 Å². The van der Waals surface area contributed by atoms with Gasteiger partial charge in [-0.3, -0.25) is 9.59 Å². The van der Waals surface area contributed by atoms with Crippen molar-refractivity contribution in [3.63, 3.8) is 0 Å². The van der Waals surface area contributed by atoms with E-state index in [1.165, 1.54) is 0 Å². The highest BCUT2D eigenvalue weighted by Crippen LogP contribution is 2.22. The number of carbonyl (C=O) groups excluding carboxylic acids is 2. The third kappa shape index (κ3) is 4.17. The van der Waals surface area contributed by atoms with E-state index in [4.69, 9.17) is 8.83 Å². The van der Waals surface area contributed by atoms with Crippen LogP contribution in [0.3, 0.4) is 0 Å². The monoisotopic (exact) mass is 338 g/mol. The molecule has 3 rings (SSSR count). The molecule has 6 heteroatoms. The molecular weight excluding hydrogens is 320 g/mol. The summed E-state index contributed by atoms with van der Waals surface area (Å²) in [5.41, 5.74) is 0.928. The van der Waals surface area contributed by atoms with Crippen molar-refractivity contribution >= 4 is 11.8 Å². The Balaban J connectivity index is 1.51. The molecule has 0 aliphatic rings. The van der Waals surface area contributed by atoms with Crippen molar-refractivity contribution in [1.29, 1.82) is 0 Å². The first-order valence-corrected chi connectivity index (χ1v) is 7.89. The largest absolute Gasteiger partial charge is 0.461 e. The molecule has 1 atom stereocenters. The molecule has 128 valence electrons. The van der Waals surface area contributed by atoms with Crippen LogP contribution in [0.1, 0.15) is 24.3 Å². The van der Waals surface area contributed by atoms with Crippen LogP contribution >= 0.6 is 0 Å². The second kappa shape index (κ2) is 7.53. The fourth-order valence-corrected chi connectivity index (χ4v) is 2.36. The van der Waals surface area contributed by atoms with E-state index < -0.39 is 11.8 Å². The summed E-state index contributed by atoms with van der Waals surface area (Å²) in [6, 6.07) is 16.2. The molecule has 0 saturated heterocycles. The van der Waals surface area contributed by atoms with Gasteiger partial charge in [-0.1, -0.05) is 30.3 Å². The van der Waals surface area contributed by atoms with E-state index in [2.05, 4.69) is 10.6 Å². The maximum atomic E-state index is 12.0. The Hall–Kier alpha value is -3.28. The van der Waals surface area contributed by atoms with Crippen molar-refractivity contribution in [2.75, 3.05) is 0 Å². The third-order valence-electron chi connectivity index (χ3n) is 3.70. The van der Waals surface area contributed by atoms with E-state index in [0.717, 1.165) is 5.56 Å². The molecule has 2 amide bonds. The first kappa shape index (κ1) is 16.6. The highest BCUT2D eigenvalue weighted by Gasteiger charge is 2.17. The highest BCUT2D eigenvalue weighted by atomic mass is 16.4. The quantitative estimate of drug-likeness (QED) is 0.700. The minimum Gasteiger partial charge on any atom is -0.461 e. The van der Waals surface area contributed by atoms with Crippen molar-refractivity contribution in [3.05, 3.63) is 72.2 Å². The van der Waals surface area contributed by atoms with E-state index in [-0.39, 0.29) is 12.6 Å². The van der Waals surface area contributed by atoms with E-state index >= 15 is 0 Å². The van der Waals surface area contributed by atoms with Crippen LogP contribution in [0, 0.1) is 0 Å². The fraction of sp³-hybridized carbons (Fsp3) is 0.158. The molecule has 2 heterocycles. The molecule has 0 aliphatic heterocycles. The van der Waals surface area contributed by atoms with Gasteiger partial charge in [0.2, 0.25) is 0 Å². The Morgan fingerprint density at radius 2 is 1.76 bits per heavy atom. The average molecular weight is 338 g/mol. The summed E-state index contributed by atoms with van der Waals surface area (Å²) in [5.74, 6) is 0.306. The van der Waals surface area contributed by atoms with Crippen LogP contribution in [0.15, 0.2) is 69.7 Å². The SMILES string of the molecule is C[C@H](NC(=O)C(=O)NCc1ccc(-c2ccco2)o1)c1ccccc1. The van der Waals surface area contributed by atoms with E-state index in [9.17, 15) is 9.59 Å². The summed E-state index contributed by atoms with van der Waals surface area (Å²) in [6.07, 6.45) is 1.55. The number of hydrogen-bond donors (Lipinski definition) is 2. The Labute approximate surface area is 144 Å². The number of amides is 2. The van der Waals surface area contributed by atoms with Crippen molar-refractivity contribution in [3.8, 4) is 11.5 Å². The van der Waals surface area contributed by atoms with Crippen molar-refractivity contribution < 1.29 is 18.4 Å². The minimum atomic E-state index is -0.710. The predicted octanol–water partition coefficient (Wildman–Crippen LogP) is 3.03. The van der Waals surface area contributed by atoms with Crippen molar-refractivity contribution in [1.82, 2.24) is 10.6 Å². The molecule has 2 aromatic heterocycles. The lowest BCUT2D eigenvalue weighted by atomic mass is 10.1. The maximum absolute atomic E-state index is 12.0. The molecule has 3 aromatic rings. The van der Waals surface area contributed by atoms with Gasteiger partial charge in [-0.2, -0.15) is 0 Å². The molecule has 0 radical (unpaired) electrons. The van der Waals surface area contributed by atoms with Crippen molar-refractivity contribution in [2.45, 2.75) is 19.5 Å². The van der Waals surface area contributed by atoms with Gasteiger partial charge in [0.05, 0.1) is 18.8 Å². The van der Waals surface area contributed by atoms with Gasteiger partial charge in [-0.05, 0) is 36.8 Å². The molecular formula is C19H18N2O4. The zero-order valence-electron chi connectivity index (χ0n) is 13.7. The minimum absolute atomic E-state index is 0.118. The van der Waals surface area contributed by atoms with Gasteiger partial charge in [0.1, 0.15) is 5.76 Å². The van der Waals surface area contributed by atoms with Crippen LogP contribution < -0.4 is 10.6 Å². The number of nitrogens with one attached hydrogen (secondary N) is 2. The molecule has 0 spiro atoms. The van der Waals surface area contributed by atoms with Gasteiger partial charge < -0.3 is 19.5 Å². The van der Waals surface area contributed by atoms with Gasteiger partial charge in [0.15, 0.2) is 11.5 Å². The summed E-state index contributed by atoms with van der Waals surface area (Å²) in [7, 11) is 0. The molecule has 0 fully saturated rings. The topological polar surface area (TPSA) is 84.5 Å². The summed E-state index contributed by atoms with van der Waals surface area (Å²) in [4.78, 5) is 23.9. The normalized spacial score (nSPS) is 11.7. The van der Waals surface area contributed by atoms with Crippen molar-refractivity contribution in [2.24, 2.45) is 0 Å². The number of carbonyl (C=O) groups is 2. The summed E-state index contributed by atoms with van der Waals surface area (Å²) in [6.45, 7) is 1.94. The Morgan fingerprint density at radius 1 is 0.960 bits per heavy atom. The first-order chi connectivity index (χ1) is 12.1. The van der Waals surface area contributed by atoms with Gasteiger partial charge in [-0.15, -0.1) is 0 Å². The Bertz CT molecular complexity index is 837. The smallest absolute Gasteiger partial charge is 0.309 e. The van der Waals surface area contributed by atoms with Crippen LogP contribution in [0.25, 0.3) is 11.5 Å². The van der Waals surface area contributed by atoms with Gasteiger partial charge >= 0.3 is 11.8 Å². The number of benzene rings is 1. The molecule has 2 N–H and O–H groups in total. The molecule has 25 heavy (non-hydrogen) atoms. The van der Waals surface area contributed by atoms with Crippen LogP contribution in [0.5, 0.6) is 0 Å². The molecule has 0 aliphatic carbocycles. The third-order valence-corrected chi connectivity index (χ3v) is 3.70. The molecule has 0 saturated carbocycles. The Morgan fingerprint density at radius 3 is 2.48 bits per heavy atom. The van der Waals surface area contributed by atoms with Crippen LogP contribution in [-0.4, -0.2) is 11.8 Å². The second-order valence-corrected chi connectivity index (χ2v) is 5.53. The predicted molar refractivity (Wildman–Crippen MR) is 91.3 cm³/mol. The fourth-order valence-electron chi connectivity index (χ4n) is 2.36. The number of rotatable bonds is 5. The van der Waals surface area contributed by atoms with E-state index in [1.807, 2.05) is 37.3 Å². The maximum Gasteiger partial charge on any atom is 0.309 e. The summed E-state index contributed by atoms with van der Waals surface area (Å²) in [5, 5.41) is 5.20. The molecule has 1 aromatic carbocycles. The first-order valence-electron chi connectivity index (χ1n) is 7.89. The van der Waals surface area contributed by atoms with E-state index in [0.29, 0.717) is 17.3 Å². The molecule has 0 bridgehead atoms. The second-order valence-electron chi connectivity index (χ2n) is 5.53. The summed E-state index contributed by atoms with van der Waals surface area (Å²) < 4.78 is 10.8. The lowest BCUT2D eigenvalue weighted by molar-refractivity contribution is -0.139. The zero-order chi connectivity index (χ0) is 17.6.